The molecule has 6 heteroatoms. The van der Waals surface area contributed by atoms with E-state index in [1.807, 2.05) is 0 Å². The van der Waals surface area contributed by atoms with Crippen LogP contribution < -0.4 is 10.1 Å². The Morgan fingerprint density at radius 1 is 1.41 bits per heavy atom. The molecule has 2 rings (SSSR count). The Hall–Kier alpha value is -2.37. The number of aromatic nitrogens is 3. The van der Waals surface area contributed by atoms with Crippen molar-refractivity contribution in [2.24, 2.45) is 7.05 Å². The van der Waals surface area contributed by atoms with Gasteiger partial charge in [0.15, 0.2) is 5.82 Å². The SMILES string of the molecule is COc1ccc(C(=O)Nc2ccn(C)n2)cn1. The average Bonchev–Trinajstić information content (AvgIpc) is 2.75. The first-order valence-corrected chi connectivity index (χ1v) is 5.00. The highest BCUT2D eigenvalue weighted by Crippen LogP contribution is 2.09. The van der Waals surface area contributed by atoms with E-state index in [0.717, 1.165) is 0 Å². The molecule has 0 fully saturated rings. The van der Waals surface area contributed by atoms with E-state index in [1.54, 1.807) is 36.1 Å². The fourth-order valence-electron chi connectivity index (χ4n) is 1.31. The van der Waals surface area contributed by atoms with Crippen LogP contribution in [-0.2, 0) is 7.05 Å². The molecule has 0 aromatic carbocycles. The van der Waals surface area contributed by atoms with Crippen molar-refractivity contribution in [3.05, 3.63) is 36.2 Å². The van der Waals surface area contributed by atoms with Crippen molar-refractivity contribution in [2.45, 2.75) is 0 Å². The maximum atomic E-state index is 11.8. The van der Waals surface area contributed by atoms with Crippen molar-refractivity contribution in [3.8, 4) is 5.88 Å². The number of rotatable bonds is 3. The smallest absolute Gasteiger partial charge is 0.258 e. The van der Waals surface area contributed by atoms with Crippen LogP contribution >= 0.6 is 0 Å². The second-order valence-corrected chi connectivity index (χ2v) is 3.42. The summed E-state index contributed by atoms with van der Waals surface area (Å²) in [6.45, 7) is 0. The maximum Gasteiger partial charge on any atom is 0.258 e. The molecule has 2 aromatic rings. The topological polar surface area (TPSA) is 69.0 Å². The molecule has 88 valence electrons. The second kappa shape index (κ2) is 4.65. The predicted octanol–water partition coefficient (Wildman–Crippen LogP) is 1.08. The molecule has 0 aliphatic rings. The highest BCUT2D eigenvalue weighted by molar-refractivity contribution is 6.03. The van der Waals surface area contributed by atoms with E-state index >= 15 is 0 Å². The van der Waals surface area contributed by atoms with Gasteiger partial charge in [-0.3, -0.25) is 9.48 Å². The summed E-state index contributed by atoms with van der Waals surface area (Å²) in [5, 5.41) is 6.71. The number of hydrogen-bond acceptors (Lipinski definition) is 4. The van der Waals surface area contributed by atoms with Gasteiger partial charge in [-0.05, 0) is 6.07 Å². The summed E-state index contributed by atoms with van der Waals surface area (Å²) in [7, 11) is 3.31. The van der Waals surface area contributed by atoms with Crippen LogP contribution in [0.1, 0.15) is 10.4 Å². The molecule has 0 aliphatic heterocycles. The lowest BCUT2D eigenvalue weighted by Crippen LogP contribution is -2.12. The van der Waals surface area contributed by atoms with Crippen molar-refractivity contribution in [2.75, 3.05) is 12.4 Å². The fraction of sp³-hybridized carbons (Fsp3) is 0.182. The van der Waals surface area contributed by atoms with Crippen molar-refractivity contribution in [1.82, 2.24) is 14.8 Å². The number of nitrogens with zero attached hydrogens (tertiary/aromatic N) is 3. The van der Waals surface area contributed by atoms with E-state index < -0.39 is 0 Å². The number of nitrogens with one attached hydrogen (secondary N) is 1. The second-order valence-electron chi connectivity index (χ2n) is 3.42. The predicted molar refractivity (Wildman–Crippen MR) is 62.0 cm³/mol. The Balaban J connectivity index is 2.09. The summed E-state index contributed by atoms with van der Waals surface area (Å²) < 4.78 is 6.53. The monoisotopic (exact) mass is 232 g/mol. The molecule has 1 N–H and O–H groups in total. The minimum absolute atomic E-state index is 0.251. The summed E-state index contributed by atoms with van der Waals surface area (Å²) >= 11 is 0. The number of carbonyl (C=O) groups excluding carboxylic acids is 1. The van der Waals surface area contributed by atoms with Gasteiger partial charge in [0.2, 0.25) is 5.88 Å². The number of anilines is 1. The van der Waals surface area contributed by atoms with Crippen LogP contribution in [0.3, 0.4) is 0 Å². The van der Waals surface area contributed by atoms with Crippen LogP contribution in [0.15, 0.2) is 30.6 Å². The third kappa shape index (κ3) is 2.60. The summed E-state index contributed by atoms with van der Waals surface area (Å²) in [4.78, 5) is 15.7. The van der Waals surface area contributed by atoms with Gasteiger partial charge in [-0.15, -0.1) is 0 Å². The minimum Gasteiger partial charge on any atom is -0.481 e. The largest absolute Gasteiger partial charge is 0.481 e. The van der Waals surface area contributed by atoms with Crippen molar-refractivity contribution in [3.63, 3.8) is 0 Å². The zero-order valence-corrected chi connectivity index (χ0v) is 9.54. The van der Waals surface area contributed by atoms with Crippen molar-refractivity contribution >= 4 is 11.7 Å². The van der Waals surface area contributed by atoms with Gasteiger partial charge in [-0.25, -0.2) is 4.98 Å². The Morgan fingerprint density at radius 2 is 2.24 bits per heavy atom. The molecular weight excluding hydrogens is 220 g/mol. The first-order valence-electron chi connectivity index (χ1n) is 5.00. The molecule has 0 bridgehead atoms. The Morgan fingerprint density at radius 3 is 2.76 bits per heavy atom. The first-order chi connectivity index (χ1) is 8.19. The maximum absolute atomic E-state index is 11.8. The molecule has 2 heterocycles. The summed E-state index contributed by atoms with van der Waals surface area (Å²) in [6, 6.07) is 4.99. The van der Waals surface area contributed by atoms with E-state index in [-0.39, 0.29) is 5.91 Å². The molecule has 0 atom stereocenters. The molecule has 2 aromatic heterocycles. The molecule has 0 radical (unpaired) electrons. The van der Waals surface area contributed by atoms with Crippen molar-refractivity contribution in [1.29, 1.82) is 0 Å². The first kappa shape index (κ1) is 11.1. The Labute approximate surface area is 98.2 Å². The Bertz CT molecular complexity index is 519. The van der Waals surface area contributed by atoms with Gasteiger partial charge >= 0.3 is 0 Å². The number of methoxy groups -OCH3 is 1. The normalized spacial score (nSPS) is 10.0. The fourth-order valence-corrected chi connectivity index (χ4v) is 1.31. The van der Waals surface area contributed by atoms with Gasteiger partial charge in [0.25, 0.3) is 5.91 Å². The van der Waals surface area contributed by atoms with E-state index in [0.29, 0.717) is 17.3 Å². The molecule has 0 aliphatic carbocycles. The highest BCUT2D eigenvalue weighted by Gasteiger charge is 2.08. The summed E-state index contributed by atoms with van der Waals surface area (Å²) in [5.74, 6) is 0.728. The van der Waals surface area contributed by atoms with E-state index in [1.165, 1.54) is 13.3 Å². The molecule has 1 amide bonds. The van der Waals surface area contributed by atoms with Gasteiger partial charge in [0.05, 0.1) is 12.7 Å². The van der Waals surface area contributed by atoms with Crippen LogP contribution in [0.25, 0.3) is 0 Å². The molecule has 6 nitrogen and oxygen atoms in total. The molecule has 17 heavy (non-hydrogen) atoms. The number of ether oxygens (including phenoxy) is 1. The zero-order valence-electron chi connectivity index (χ0n) is 9.54. The van der Waals surface area contributed by atoms with Gasteiger partial charge in [-0.1, -0.05) is 0 Å². The molecular formula is C11H12N4O2. The lowest BCUT2D eigenvalue weighted by molar-refractivity contribution is 0.102. The average molecular weight is 232 g/mol. The van der Waals surface area contributed by atoms with Crippen LogP contribution in [0.4, 0.5) is 5.82 Å². The van der Waals surface area contributed by atoms with Crippen LogP contribution in [0.5, 0.6) is 5.88 Å². The third-order valence-electron chi connectivity index (χ3n) is 2.16. The Kier molecular flexibility index (Phi) is 3.04. The number of amides is 1. The molecule has 0 unspecified atom stereocenters. The van der Waals surface area contributed by atoms with Gasteiger partial charge in [0, 0.05) is 31.6 Å². The van der Waals surface area contributed by atoms with E-state index in [9.17, 15) is 4.79 Å². The number of carbonyl (C=O) groups is 1. The minimum atomic E-state index is -0.251. The van der Waals surface area contributed by atoms with Crippen LogP contribution in [-0.4, -0.2) is 27.8 Å². The summed E-state index contributed by atoms with van der Waals surface area (Å²) in [6.07, 6.45) is 3.21. The highest BCUT2D eigenvalue weighted by atomic mass is 16.5. The lowest BCUT2D eigenvalue weighted by Gasteiger charge is -2.02. The van der Waals surface area contributed by atoms with Gasteiger partial charge in [0.1, 0.15) is 0 Å². The quantitative estimate of drug-likeness (QED) is 0.859. The van der Waals surface area contributed by atoms with E-state index in [2.05, 4.69) is 15.4 Å². The molecule has 0 saturated heterocycles. The molecule has 0 saturated carbocycles. The zero-order chi connectivity index (χ0) is 12.3. The van der Waals surface area contributed by atoms with E-state index in [4.69, 9.17) is 4.74 Å². The van der Waals surface area contributed by atoms with Crippen LogP contribution in [0, 0.1) is 0 Å². The van der Waals surface area contributed by atoms with Crippen molar-refractivity contribution < 1.29 is 9.53 Å². The van der Waals surface area contributed by atoms with Gasteiger partial charge < -0.3 is 10.1 Å². The summed E-state index contributed by atoms with van der Waals surface area (Å²) in [5.41, 5.74) is 0.455. The number of pyridine rings is 1. The van der Waals surface area contributed by atoms with Crippen LogP contribution in [0.2, 0.25) is 0 Å². The molecule has 0 spiro atoms. The lowest BCUT2D eigenvalue weighted by atomic mass is 10.2. The third-order valence-corrected chi connectivity index (χ3v) is 2.16. The standard InChI is InChI=1S/C11H12N4O2/c1-15-6-5-9(14-15)13-11(16)8-3-4-10(17-2)12-7-8/h3-7H,1-2H3,(H,13,14,16). The number of hydrogen-bond donors (Lipinski definition) is 1. The van der Waals surface area contributed by atoms with Gasteiger partial charge in [-0.2, -0.15) is 5.10 Å². The number of aryl methyl sites for hydroxylation is 1.